The van der Waals surface area contributed by atoms with Gasteiger partial charge in [0.2, 0.25) is 0 Å². The summed E-state index contributed by atoms with van der Waals surface area (Å²) in [6.07, 6.45) is 0. The number of hydrogen-bond acceptors (Lipinski definition) is 2. The lowest BCUT2D eigenvalue weighted by Crippen LogP contribution is -1.98. The zero-order chi connectivity index (χ0) is 11.5. The van der Waals surface area contributed by atoms with Gasteiger partial charge in [0.25, 0.3) is 0 Å². The van der Waals surface area contributed by atoms with Gasteiger partial charge in [0.15, 0.2) is 0 Å². The van der Waals surface area contributed by atoms with Crippen LogP contribution < -0.4 is 5.32 Å². The Morgan fingerprint density at radius 3 is 2.75 bits per heavy atom. The molecular formula is C12H11BrClNO. The van der Waals surface area contributed by atoms with E-state index in [1.54, 1.807) is 0 Å². The molecule has 1 aromatic carbocycles. The molecule has 0 saturated heterocycles. The van der Waals surface area contributed by atoms with Crippen LogP contribution in [0.15, 0.2) is 39.2 Å². The molecule has 0 unspecified atom stereocenters. The Morgan fingerprint density at radius 1 is 1.31 bits per heavy atom. The largest absolute Gasteiger partial charge is 0.465 e. The number of nitrogens with one attached hydrogen (secondary N) is 1. The van der Waals surface area contributed by atoms with Gasteiger partial charge in [-0.1, -0.05) is 11.6 Å². The number of anilines is 1. The summed E-state index contributed by atoms with van der Waals surface area (Å²) in [6.45, 7) is 2.59. The second kappa shape index (κ2) is 4.93. The van der Waals surface area contributed by atoms with Crippen molar-refractivity contribution in [2.45, 2.75) is 13.5 Å². The second-order valence-electron chi connectivity index (χ2n) is 3.49. The van der Waals surface area contributed by atoms with Crippen molar-refractivity contribution in [1.29, 1.82) is 0 Å². The monoisotopic (exact) mass is 299 g/mol. The maximum absolute atomic E-state index is 5.86. The SMILES string of the molecule is Cc1ccc(CNc2ccc(Cl)cc2Br)o1. The predicted octanol–water partition coefficient (Wildman–Crippen LogP) is 4.62. The molecule has 1 aromatic heterocycles. The van der Waals surface area contributed by atoms with E-state index in [9.17, 15) is 0 Å². The molecule has 0 aliphatic rings. The summed E-state index contributed by atoms with van der Waals surface area (Å²) in [7, 11) is 0. The summed E-state index contributed by atoms with van der Waals surface area (Å²) >= 11 is 9.31. The van der Waals surface area contributed by atoms with E-state index in [2.05, 4.69) is 21.2 Å². The van der Waals surface area contributed by atoms with Crippen molar-refractivity contribution in [3.63, 3.8) is 0 Å². The average Bonchev–Trinajstić information content (AvgIpc) is 2.63. The van der Waals surface area contributed by atoms with Gasteiger partial charge in [0.05, 0.1) is 6.54 Å². The van der Waals surface area contributed by atoms with E-state index >= 15 is 0 Å². The minimum absolute atomic E-state index is 0.661. The van der Waals surface area contributed by atoms with Gasteiger partial charge in [-0.05, 0) is 53.2 Å². The summed E-state index contributed by atoms with van der Waals surface area (Å²) < 4.78 is 6.41. The van der Waals surface area contributed by atoms with E-state index in [0.717, 1.165) is 21.7 Å². The molecule has 2 nitrogen and oxygen atoms in total. The summed E-state index contributed by atoms with van der Waals surface area (Å²) in [6, 6.07) is 9.56. The molecule has 84 valence electrons. The molecule has 2 aromatic rings. The van der Waals surface area contributed by atoms with Crippen LogP contribution >= 0.6 is 27.5 Å². The molecule has 0 saturated carbocycles. The van der Waals surface area contributed by atoms with E-state index in [1.807, 2.05) is 37.3 Å². The van der Waals surface area contributed by atoms with Crippen molar-refractivity contribution in [1.82, 2.24) is 0 Å². The summed E-state index contributed by atoms with van der Waals surface area (Å²) in [5, 5.41) is 3.98. The maximum Gasteiger partial charge on any atom is 0.123 e. The molecule has 0 fully saturated rings. The lowest BCUT2D eigenvalue weighted by atomic mass is 10.3. The van der Waals surface area contributed by atoms with E-state index in [1.165, 1.54) is 0 Å². The Morgan fingerprint density at radius 2 is 2.12 bits per heavy atom. The molecule has 0 radical (unpaired) electrons. The smallest absolute Gasteiger partial charge is 0.123 e. The first-order valence-electron chi connectivity index (χ1n) is 4.89. The average molecular weight is 301 g/mol. The summed E-state index contributed by atoms with van der Waals surface area (Å²) in [4.78, 5) is 0. The molecule has 1 N–H and O–H groups in total. The fourth-order valence-electron chi connectivity index (χ4n) is 1.40. The second-order valence-corrected chi connectivity index (χ2v) is 4.78. The van der Waals surface area contributed by atoms with Crippen LogP contribution in [0.5, 0.6) is 0 Å². The quantitative estimate of drug-likeness (QED) is 0.895. The highest BCUT2D eigenvalue weighted by atomic mass is 79.9. The zero-order valence-corrected chi connectivity index (χ0v) is 11.1. The van der Waals surface area contributed by atoms with Crippen molar-refractivity contribution in [3.05, 3.63) is 51.3 Å². The number of halogens is 2. The normalized spacial score (nSPS) is 10.4. The van der Waals surface area contributed by atoms with Crippen LogP contribution in [0.1, 0.15) is 11.5 Å². The minimum Gasteiger partial charge on any atom is -0.465 e. The Bertz CT molecular complexity index is 496. The van der Waals surface area contributed by atoms with E-state index in [4.69, 9.17) is 16.0 Å². The van der Waals surface area contributed by atoms with Crippen molar-refractivity contribution >= 4 is 33.2 Å². The Balaban J connectivity index is 2.04. The van der Waals surface area contributed by atoms with Gasteiger partial charge >= 0.3 is 0 Å². The van der Waals surface area contributed by atoms with Crippen LogP contribution in [-0.2, 0) is 6.54 Å². The van der Waals surface area contributed by atoms with Crippen LogP contribution in [0, 0.1) is 6.92 Å². The van der Waals surface area contributed by atoms with Gasteiger partial charge in [0.1, 0.15) is 11.5 Å². The van der Waals surface area contributed by atoms with Gasteiger partial charge in [-0.2, -0.15) is 0 Å². The summed E-state index contributed by atoms with van der Waals surface area (Å²) in [5.41, 5.74) is 0.999. The lowest BCUT2D eigenvalue weighted by molar-refractivity contribution is 0.490. The van der Waals surface area contributed by atoms with Gasteiger partial charge < -0.3 is 9.73 Å². The van der Waals surface area contributed by atoms with Gasteiger partial charge in [-0.15, -0.1) is 0 Å². The van der Waals surface area contributed by atoms with Crippen LogP contribution in [0.4, 0.5) is 5.69 Å². The molecule has 2 rings (SSSR count). The molecule has 4 heteroatoms. The number of benzene rings is 1. The predicted molar refractivity (Wildman–Crippen MR) is 69.9 cm³/mol. The molecule has 16 heavy (non-hydrogen) atoms. The van der Waals surface area contributed by atoms with Crippen molar-refractivity contribution in [2.24, 2.45) is 0 Å². The van der Waals surface area contributed by atoms with Crippen LogP contribution in [-0.4, -0.2) is 0 Å². The van der Waals surface area contributed by atoms with Crippen LogP contribution in [0.3, 0.4) is 0 Å². The molecule has 0 atom stereocenters. The first-order chi connectivity index (χ1) is 7.65. The fraction of sp³-hybridized carbons (Fsp3) is 0.167. The lowest BCUT2D eigenvalue weighted by Gasteiger charge is -2.07. The molecule has 0 aliphatic carbocycles. The first kappa shape index (κ1) is 11.6. The third-order valence-electron chi connectivity index (χ3n) is 2.18. The number of aryl methyl sites for hydroxylation is 1. The molecule has 1 heterocycles. The molecule has 0 spiro atoms. The Kier molecular flexibility index (Phi) is 3.56. The van der Waals surface area contributed by atoms with Gasteiger partial charge in [-0.25, -0.2) is 0 Å². The highest BCUT2D eigenvalue weighted by molar-refractivity contribution is 9.10. The van der Waals surface area contributed by atoms with Crippen LogP contribution in [0.2, 0.25) is 5.02 Å². The zero-order valence-electron chi connectivity index (χ0n) is 8.76. The topological polar surface area (TPSA) is 25.2 Å². The standard InChI is InChI=1S/C12H11BrClNO/c1-8-2-4-10(16-8)7-15-12-5-3-9(14)6-11(12)13/h2-6,15H,7H2,1H3. The van der Waals surface area contributed by atoms with Crippen molar-refractivity contribution < 1.29 is 4.42 Å². The fourth-order valence-corrected chi connectivity index (χ4v) is 2.22. The maximum atomic E-state index is 5.86. The number of furan rings is 1. The van der Waals surface area contributed by atoms with Crippen molar-refractivity contribution in [3.8, 4) is 0 Å². The minimum atomic E-state index is 0.661. The van der Waals surface area contributed by atoms with E-state index < -0.39 is 0 Å². The van der Waals surface area contributed by atoms with E-state index in [-0.39, 0.29) is 0 Å². The summed E-state index contributed by atoms with van der Waals surface area (Å²) in [5.74, 6) is 1.84. The highest BCUT2D eigenvalue weighted by Gasteiger charge is 2.02. The molecule has 0 aliphatic heterocycles. The molecular weight excluding hydrogens is 289 g/mol. The van der Waals surface area contributed by atoms with Crippen molar-refractivity contribution in [2.75, 3.05) is 5.32 Å². The Labute approximate surface area is 108 Å². The first-order valence-corrected chi connectivity index (χ1v) is 6.06. The third kappa shape index (κ3) is 2.80. The number of rotatable bonds is 3. The number of hydrogen-bond donors (Lipinski definition) is 1. The highest BCUT2D eigenvalue weighted by Crippen LogP contribution is 2.26. The third-order valence-corrected chi connectivity index (χ3v) is 3.07. The van der Waals surface area contributed by atoms with Gasteiger partial charge in [-0.3, -0.25) is 0 Å². The molecule has 0 amide bonds. The Hall–Kier alpha value is -0.930. The van der Waals surface area contributed by atoms with E-state index in [0.29, 0.717) is 11.6 Å². The molecule has 0 bridgehead atoms. The van der Waals surface area contributed by atoms with Crippen LogP contribution in [0.25, 0.3) is 0 Å². The van der Waals surface area contributed by atoms with Gasteiger partial charge in [0, 0.05) is 15.2 Å².